The lowest BCUT2D eigenvalue weighted by molar-refractivity contribution is -0.122. The maximum atomic E-state index is 13.2. The molecule has 1 aliphatic rings. The fraction of sp³-hybridized carbons (Fsp3) is 0.458. The Kier molecular flexibility index (Phi) is 6.86. The number of fused-ring (bicyclic) bond motifs is 1. The lowest BCUT2D eigenvalue weighted by Crippen LogP contribution is -2.49. The van der Waals surface area contributed by atoms with Gasteiger partial charge in [0.25, 0.3) is 0 Å². The van der Waals surface area contributed by atoms with Gasteiger partial charge in [-0.15, -0.1) is 0 Å². The van der Waals surface area contributed by atoms with E-state index < -0.39 is 16.1 Å². The molecule has 6 heteroatoms. The van der Waals surface area contributed by atoms with E-state index in [1.54, 1.807) is 12.1 Å². The van der Waals surface area contributed by atoms with Crippen molar-refractivity contribution in [2.75, 3.05) is 10.6 Å². The van der Waals surface area contributed by atoms with Crippen molar-refractivity contribution in [2.45, 2.75) is 65.0 Å². The van der Waals surface area contributed by atoms with E-state index >= 15 is 0 Å². The van der Waals surface area contributed by atoms with Crippen molar-refractivity contribution in [1.82, 2.24) is 5.32 Å². The third-order valence-corrected chi connectivity index (χ3v) is 7.00. The molecule has 0 spiro atoms. The zero-order valence-corrected chi connectivity index (χ0v) is 19.1. The highest BCUT2D eigenvalue weighted by Gasteiger charge is 2.32. The fourth-order valence-electron chi connectivity index (χ4n) is 4.24. The smallest absolute Gasteiger partial charge is 0.244 e. The van der Waals surface area contributed by atoms with Gasteiger partial charge >= 0.3 is 0 Å². The van der Waals surface area contributed by atoms with Crippen molar-refractivity contribution in [1.29, 1.82) is 0 Å². The number of nitrogens with one attached hydrogen (secondary N) is 1. The highest BCUT2D eigenvalue weighted by molar-refractivity contribution is 7.92. The molecule has 0 heterocycles. The van der Waals surface area contributed by atoms with Gasteiger partial charge in [-0.1, -0.05) is 37.3 Å². The first kappa shape index (κ1) is 22.3. The molecule has 0 fully saturated rings. The highest BCUT2D eigenvalue weighted by atomic mass is 32.2. The van der Waals surface area contributed by atoms with Crippen LogP contribution < -0.4 is 9.62 Å². The average molecular weight is 429 g/mol. The second-order valence-electron chi connectivity index (χ2n) is 8.29. The Morgan fingerprint density at radius 1 is 1.10 bits per heavy atom. The van der Waals surface area contributed by atoms with Crippen LogP contribution in [0.25, 0.3) is 0 Å². The number of carbonyl (C=O) groups is 1. The predicted octanol–water partition coefficient (Wildman–Crippen LogP) is 4.30. The molecule has 0 aromatic heterocycles. The largest absolute Gasteiger partial charge is 0.348 e. The molecule has 1 amide bonds. The summed E-state index contributed by atoms with van der Waals surface area (Å²) in [4.78, 5) is 13.2. The number of anilines is 1. The molecule has 0 saturated heterocycles. The molecule has 0 aliphatic heterocycles. The molecule has 30 heavy (non-hydrogen) atoms. The number of amides is 1. The SMILES string of the molecule is CCC(C(=O)NC(C)c1ccc2c(c1)CCCC2)N(c1cccc(C)c1)S(C)(=O)=O. The van der Waals surface area contributed by atoms with Crippen LogP contribution in [-0.4, -0.2) is 26.6 Å². The van der Waals surface area contributed by atoms with E-state index in [0.29, 0.717) is 12.1 Å². The van der Waals surface area contributed by atoms with Crippen LogP contribution in [0.5, 0.6) is 0 Å². The summed E-state index contributed by atoms with van der Waals surface area (Å²) in [6, 6.07) is 12.7. The van der Waals surface area contributed by atoms with Crippen LogP contribution in [0.3, 0.4) is 0 Å². The van der Waals surface area contributed by atoms with E-state index in [9.17, 15) is 13.2 Å². The highest BCUT2D eigenvalue weighted by Crippen LogP contribution is 2.26. The Balaban J connectivity index is 1.83. The Morgan fingerprint density at radius 3 is 2.43 bits per heavy atom. The molecule has 1 N–H and O–H groups in total. The number of hydrogen-bond donors (Lipinski definition) is 1. The predicted molar refractivity (Wildman–Crippen MR) is 122 cm³/mol. The van der Waals surface area contributed by atoms with Gasteiger partial charge in [-0.2, -0.15) is 0 Å². The molecular weight excluding hydrogens is 396 g/mol. The molecule has 2 unspecified atom stereocenters. The third kappa shape index (κ3) is 5.04. The molecule has 0 radical (unpaired) electrons. The third-order valence-electron chi connectivity index (χ3n) is 5.82. The Bertz CT molecular complexity index is 1020. The fourth-order valence-corrected chi connectivity index (χ4v) is 5.44. The molecule has 2 aromatic rings. The van der Waals surface area contributed by atoms with Gasteiger partial charge in [0.1, 0.15) is 6.04 Å². The molecule has 0 bridgehead atoms. The first-order valence-corrected chi connectivity index (χ1v) is 12.5. The zero-order valence-electron chi connectivity index (χ0n) is 18.3. The maximum absolute atomic E-state index is 13.2. The summed E-state index contributed by atoms with van der Waals surface area (Å²) in [5.74, 6) is -0.283. The summed E-state index contributed by atoms with van der Waals surface area (Å²) in [5, 5.41) is 3.05. The van der Waals surface area contributed by atoms with Gasteiger partial charge in [-0.25, -0.2) is 8.42 Å². The molecule has 3 rings (SSSR count). The van der Waals surface area contributed by atoms with E-state index in [1.165, 1.54) is 28.3 Å². The van der Waals surface area contributed by atoms with Gasteiger partial charge in [0.15, 0.2) is 0 Å². The second kappa shape index (κ2) is 9.21. The van der Waals surface area contributed by atoms with Crippen molar-refractivity contribution >= 4 is 21.6 Å². The van der Waals surface area contributed by atoms with E-state index in [2.05, 4.69) is 23.5 Å². The Hall–Kier alpha value is -2.34. The van der Waals surface area contributed by atoms with Crippen molar-refractivity contribution < 1.29 is 13.2 Å². The van der Waals surface area contributed by atoms with Crippen LogP contribution in [0, 0.1) is 6.92 Å². The number of aryl methyl sites for hydroxylation is 3. The van der Waals surface area contributed by atoms with Gasteiger partial charge in [-0.05, 0) is 80.3 Å². The first-order chi connectivity index (χ1) is 14.2. The lowest BCUT2D eigenvalue weighted by atomic mass is 9.89. The zero-order chi connectivity index (χ0) is 21.9. The van der Waals surface area contributed by atoms with E-state index in [4.69, 9.17) is 0 Å². The summed E-state index contributed by atoms with van der Waals surface area (Å²) in [7, 11) is -3.63. The minimum absolute atomic E-state index is 0.197. The summed E-state index contributed by atoms with van der Waals surface area (Å²) in [6.45, 7) is 5.69. The van der Waals surface area contributed by atoms with Crippen molar-refractivity contribution in [2.24, 2.45) is 0 Å². The molecule has 162 valence electrons. The molecule has 5 nitrogen and oxygen atoms in total. The number of hydrogen-bond acceptors (Lipinski definition) is 3. The van der Waals surface area contributed by atoms with Gasteiger partial charge in [0.05, 0.1) is 18.0 Å². The quantitative estimate of drug-likeness (QED) is 0.715. The summed E-state index contributed by atoms with van der Waals surface area (Å²) in [5.41, 5.74) is 5.28. The summed E-state index contributed by atoms with van der Waals surface area (Å²) in [6.07, 6.45) is 6.17. The van der Waals surface area contributed by atoms with E-state index in [-0.39, 0.29) is 11.9 Å². The van der Waals surface area contributed by atoms with Crippen molar-refractivity contribution in [3.63, 3.8) is 0 Å². The monoisotopic (exact) mass is 428 g/mol. The topological polar surface area (TPSA) is 66.5 Å². The number of sulfonamides is 1. The Morgan fingerprint density at radius 2 is 1.80 bits per heavy atom. The van der Waals surface area contributed by atoms with Crippen LogP contribution in [-0.2, 0) is 27.7 Å². The van der Waals surface area contributed by atoms with Gasteiger partial charge in [-0.3, -0.25) is 9.10 Å². The van der Waals surface area contributed by atoms with Crippen LogP contribution >= 0.6 is 0 Å². The van der Waals surface area contributed by atoms with Crippen molar-refractivity contribution in [3.8, 4) is 0 Å². The van der Waals surface area contributed by atoms with Gasteiger partial charge in [0, 0.05) is 0 Å². The van der Waals surface area contributed by atoms with Crippen LogP contribution in [0.15, 0.2) is 42.5 Å². The van der Waals surface area contributed by atoms with Gasteiger partial charge in [0.2, 0.25) is 15.9 Å². The number of carbonyl (C=O) groups excluding carboxylic acids is 1. The van der Waals surface area contributed by atoms with Crippen LogP contribution in [0.1, 0.15) is 61.4 Å². The van der Waals surface area contributed by atoms with Crippen molar-refractivity contribution in [3.05, 3.63) is 64.7 Å². The number of benzene rings is 2. The average Bonchev–Trinajstić information content (AvgIpc) is 2.70. The van der Waals surface area contributed by atoms with Crippen LogP contribution in [0.2, 0.25) is 0 Å². The minimum atomic E-state index is -3.63. The number of nitrogens with zero attached hydrogens (tertiary/aromatic N) is 1. The molecule has 1 aliphatic carbocycles. The molecule has 0 saturated carbocycles. The summed E-state index contributed by atoms with van der Waals surface area (Å²) < 4.78 is 26.5. The molecule has 2 aromatic carbocycles. The Labute approximate surface area is 180 Å². The van der Waals surface area contributed by atoms with Gasteiger partial charge < -0.3 is 5.32 Å². The second-order valence-corrected chi connectivity index (χ2v) is 10.1. The summed E-state index contributed by atoms with van der Waals surface area (Å²) >= 11 is 0. The normalized spacial score (nSPS) is 15.7. The minimum Gasteiger partial charge on any atom is -0.348 e. The van der Waals surface area contributed by atoms with E-state index in [1.807, 2.05) is 32.9 Å². The lowest BCUT2D eigenvalue weighted by Gasteiger charge is -2.31. The first-order valence-electron chi connectivity index (χ1n) is 10.7. The van der Waals surface area contributed by atoms with E-state index in [0.717, 1.165) is 30.2 Å². The molecule has 2 atom stereocenters. The maximum Gasteiger partial charge on any atom is 0.244 e. The standard InChI is InChI=1S/C24H32N2O3S/c1-5-23(26(30(4,28)29)22-12-8-9-17(2)15-22)24(27)25-18(3)20-14-13-19-10-6-7-11-21(19)16-20/h8-9,12-16,18,23H,5-7,10-11H2,1-4H3,(H,25,27). The van der Waals surface area contributed by atoms with Crippen LogP contribution in [0.4, 0.5) is 5.69 Å². The number of rotatable bonds is 7. The molecular formula is C24H32N2O3S.